The van der Waals surface area contributed by atoms with Gasteiger partial charge in [0.1, 0.15) is 22.4 Å². The van der Waals surface area contributed by atoms with E-state index in [9.17, 15) is 10.8 Å². The molecule has 1 aromatic heterocycles. The van der Waals surface area contributed by atoms with Crippen molar-refractivity contribution in [3.63, 3.8) is 0 Å². The minimum absolute atomic E-state index is 0.00113. The smallest absolute Gasteiger partial charge is 0.146 e. The molecule has 0 unspecified atom stereocenters. The minimum atomic E-state index is -0.733. The van der Waals surface area contributed by atoms with E-state index in [4.69, 9.17) is 20.0 Å². The largest absolute Gasteiger partial charge is 0.309 e. The van der Waals surface area contributed by atoms with Gasteiger partial charge in [0.05, 0.1) is 44.9 Å². The van der Waals surface area contributed by atoms with Crippen molar-refractivity contribution in [3.05, 3.63) is 173 Å². The highest BCUT2D eigenvalue weighted by atomic mass is 15.2. The number of nitrogens with one attached hydrogen (secondary N) is 2. The molecule has 2 aliphatic carbocycles. The summed E-state index contributed by atoms with van der Waals surface area (Å²) >= 11 is 0. The van der Waals surface area contributed by atoms with Gasteiger partial charge in [-0.25, -0.2) is 0 Å². The van der Waals surface area contributed by atoms with Crippen LogP contribution in [0, 0.1) is 10.8 Å². The van der Waals surface area contributed by atoms with Crippen LogP contribution in [0.1, 0.15) is 47.1 Å². The second-order valence-electron chi connectivity index (χ2n) is 16.1. The van der Waals surface area contributed by atoms with Crippen LogP contribution in [0.4, 0.5) is 5.69 Å². The first-order valence-corrected chi connectivity index (χ1v) is 20.2. The highest BCUT2D eigenvalue weighted by Gasteiger charge is 2.34. The van der Waals surface area contributed by atoms with Gasteiger partial charge in [0.25, 0.3) is 0 Å². The third-order valence-corrected chi connectivity index (χ3v) is 10.7. The lowest BCUT2D eigenvalue weighted by atomic mass is 9.90. The molecule has 8 heteroatoms. The van der Waals surface area contributed by atoms with Crippen LogP contribution in [-0.2, 0) is 0 Å². The number of rotatable bonds is 8. The van der Waals surface area contributed by atoms with Crippen LogP contribution >= 0.6 is 0 Å². The Balaban J connectivity index is 1.23. The second kappa shape index (κ2) is 14.7. The molecule has 0 atom stereocenters. The summed E-state index contributed by atoms with van der Waals surface area (Å²) in [5.74, 6) is 0. The summed E-state index contributed by atoms with van der Waals surface area (Å²) in [7, 11) is 0. The molecule has 59 heavy (non-hydrogen) atoms. The highest BCUT2D eigenvalue weighted by molar-refractivity contribution is 6.63. The van der Waals surface area contributed by atoms with E-state index in [1.807, 2.05) is 107 Å². The van der Waals surface area contributed by atoms with E-state index in [0.29, 0.717) is 28.5 Å². The van der Waals surface area contributed by atoms with E-state index in [1.165, 1.54) is 10.8 Å². The van der Waals surface area contributed by atoms with Crippen molar-refractivity contribution in [1.82, 2.24) is 4.57 Å². The Kier molecular flexibility index (Phi) is 9.35. The average molecular weight is 771 g/mol. The molecular weight excluding hydrogens is 725 g/mol. The van der Waals surface area contributed by atoms with Crippen LogP contribution < -0.4 is 15.6 Å². The summed E-state index contributed by atoms with van der Waals surface area (Å²) in [6.07, 6.45) is 9.79. The first kappa shape index (κ1) is 37.5. The molecule has 0 saturated heterocycles. The Labute approximate surface area is 344 Å². The molecule has 0 bridgehead atoms. The Hall–Kier alpha value is -7.06. The van der Waals surface area contributed by atoms with Crippen molar-refractivity contribution in [1.29, 1.82) is 10.8 Å². The van der Waals surface area contributed by atoms with E-state index in [0.717, 1.165) is 55.4 Å². The number of hydrogen-bond acceptors (Lipinski definition) is 7. The fourth-order valence-corrected chi connectivity index (χ4v) is 8.27. The van der Waals surface area contributed by atoms with Crippen LogP contribution in [-0.4, -0.2) is 45.2 Å². The molecule has 0 spiro atoms. The third kappa shape index (κ3) is 6.70. The van der Waals surface area contributed by atoms with E-state index in [-0.39, 0.29) is 17.8 Å². The number of fused-ring (bicyclic) bond motifs is 4. The lowest BCUT2D eigenvalue weighted by molar-refractivity contribution is 0.549. The van der Waals surface area contributed by atoms with Crippen molar-refractivity contribution in [2.45, 2.75) is 59.3 Å². The standard InChI is InChI=1S/C51H46N8/c1-31(2)54-40-19-14-22-43(47(40)53)59(44-29-27-36(33-15-8-7-9-16-33)46(52)49(44)55-32(3)4)45-30-28-37(48-50(45)57-51(5,6)56-48)34-23-25-35(26-24-34)58-41-20-12-10-17-38(41)39-18-11-13-21-42(39)58/h7-32,52-53H,1-6H3. The fourth-order valence-electron chi connectivity index (χ4n) is 8.27. The lowest BCUT2D eigenvalue weighted by Crippen LogP contribution is -2.42. The second-order valence-corrected chi connectivity index (χ2v) is 16.1. The van der Waals surface area contributed by atoms with Gasteiger partial charge in [0, 0.05) is 39.7 Å². The number of aromatic nitrogens is 1. The van der Waals surface area contributed by atoms with Crippen LogP contribution in [0.5, 0.6) is 0 Å². The summed E-state index contributed by atoms with van der Waals surface area (Å²) in [5, 5.41) is 23.1. The number of hydrogen-bond donors (Lipinski definition) is 2. The van der Waals surface area contributed by atoms with Crippen molar-refractivity contribution < 1.29 is 0 Å². The summed E-state index contributed by atoms with van der Waals surface area (Å²) < 4.78 is 2.32. The number of anilines is 1. The number of nitrogens with zero attached hydrogens (tertiary/aromatic N) is 6. The number of benzene rings is 5. The molecule has 290 valence electrons. The van der Waals surface area contributed by atoms with E-state index < -0.39 is 5.66 Å². The first-order chi connectivity index (χ1) is 28.5. The monoisotopic (exact) mass is 770 g/mol. The van der Waals surface area contributed by atoms with E-state index in [1.54, 1.807) is 0 Å². The summed E-state index contributed by atoms with van der Waals surface area (Å²) in [4.78, 5) is 22.5. The minimum Gasteiger partial charge on any atom is -0.309 e. The van der Waals surface area contributed by atoms with Crippen molar-refractivity contribution in [2.24, 2.45) is 20.0 Å². The quantitative estimate of drug-likeness (QED) is 0.148. The van der Waals surface area contributed by atoms with E-state index in [2.05, 4.69) is 89.5 Å². The average Bonchev–Trinajstić information content (AvgIpc) is 3.74. The Morgan fingerprint density at radius 3 is 1.90 bits per heavy atom. The van der Waals surface area contributed by atoms with Crippen molar-refractivity contribution in [3.8, 4) is 16.8 Å². The molecule has 1 aliphatic heterocycles. The summed E-state index contributed by atoms with van der Waals surface area (Å²) in [6.45, 7) is 12.1. The molecule has 2 heterocycles. The molecular formula is C51H46N8. The van der Waals surface area contributed by atoms with Crippen molar-refractivity contribution in [2.75, 3.05) is 4.90 Å². The van der Waals surface area contributed by atoms with Gasteiger partial charge >= 0.3 is 0 Å². The van der Waals surface area contributed by atoms with Crippen LogP contribution in [0.3, 0.4) is 0 Å². The number of allylic oxidation sites excluding steroid dienone is 8. The van der Waals surface area contributed by atoms with Gasteiger partial charge in [0.2, 0.25) is 0 Å². The number of aliphatic imine (C=N–C) groups is 2. The van der Waals surface area contributed by atoms with Gasteiger partial charge in [-0.1, -0.05) is 84.9 Å². The first-order valence-electron chi connectivity index (χ1n) is 20.2. The van der Waals surface area contributed by atoms with Crippen LogP contribution in [0.15, 0.2) is 177 Å². The zero-order valence-corrected chi connectivity index (χ0v) is 34.2. The molecule has 2 N–H and O–H groups in total. The highest BCUT2D eigenvalue weighted by Crippen LogP contribution is 2.35. The molecule has 8 nitrogen and oxygen atoms in total. The molecule has 0 saturated carbocycles. The van der Waals surface area contributed by atoms with Crippen LogP contribution in [0.2, 0.25) is 0 Å². The predicted molar refractivity (Wildman–Crippen MR) is 245 cm³/mol. The van der Waals surface area contributed by atoms with Gasteiger partial charge in [0.15, 0.2) is 0 Å². The maximum Gasteiger partial charge on any atom is 0.146 e. The topological polar surface area (TPSA) is 105 Å². The zero-order valence-electron chi connectivity index (χ0n) is 34.2. The van der Waals surface area contributed by atoms with Crippen molar-refractivity contribution >= 4 is 55.9 Å². The van der Waals surface area contributed by atoms with Gasteiger partial charge in [-0.2, -0.15) is 0 Å². The lowest BCUT2D eigenvalue weighted by Gasteiger charge is -2.34. The molecule has 5 aromatic carbocycles. The molecule has 9 rings (SSSR count). The van der Waals surface area contributed by atoms with Gasteiger partial charge in [-0.05, 0) is 113 Å². The maximum atomic E-state index is 9.62. The molecule has 3 aliphatic rings. The zero-order chi connectivity index (χ0) is 41.0. The Morgan fingerprint density at radius 1 is 0.610 bits per heavy atom. The van der Waals surface area contributed by atoms with E-state index >= 15 is 0 Å². The molecule has 0 amide bonds. The molecule has 6 aromatic rings. The summed E-state index contributed by atoms with van der Waals surface area (Å²) in [5.41, 5.74) is 10.2. The fraction of sp³-hybridized carbons (Fsp3) is 0.176. The number of para-hydroxylation sites is 2. The van der Waals surface area contributed by atoms with Gasteiger partial charge < -0.3 is 9.47 Å². The Bertz CT molecular complexity index is 2990. The third-order valence-electron chi connectivity index (χ3n) is 10.7. The van der Waals surface area contributed by atoms with Gasteiger partial charge in [-0.15, -0.1) is 0 Å². The molecule has 0 radical (unpaired) electrons. The summed E-state index contributed by atoms with van der Waals surface area (Å²) in [6, 6.07) is 39.9. The predicted octanol–water partition coefficient (Wildman–Crippen LogP) is 10.4. The molecule has 0 fully saturated rings. The van der Waals surface area contributed by atoms with Crippen LogP contribution in [0.25, 0.3) is 44.2 Å². The van der Waals surface area contributed by atoms with Gasteiger partial charge in [-0.3, -0.25) is 30.8 Å². The maximum absolute atomic E-state index is 9.62. The SMILES string of the molecule is CC(C)N=C1C=CC=C(N(C2=CC=C(c3ccccc3)C(=N)C2=NC(C)C)c2ccc(-c3ccc(-n4c5ccccc5c5ccccc54)cc3)c3c2=NC(C)(C)N=3)C1=N. The Morgan fingerprint density at radius 2 is 1.24 bits per heavy atom. The normalized spacial score (nSPS) is 17.4.